The maximum atomic E-state index is 4.68. The van der Waals surface area contributed by atoms with Gasteiger partial charge in [-0.3, -0.25) is 0 Å². The molecule has 4 aromatic rings. The minimum atomic E-state index is 0.767. The Morgan fingerprint density at radius 3 is 2.70 bits per heavy atom. The molecule has 23 heavy (non-hydrogen) atoms. The maximum Gasteiger partial charge on any atom is 0.212 e. The van der Waals surface area contributed by atoms with Crippen LogP contribution in [0.1, 0.15) is 5.56 Å². The summed E-state index contributed by atoms with van der Waals surface area (Å²) in [6, 6.07) is 16.3. The molecule has 0 amide bonds. The van der Waals surface area contributed by atoms with E-state index in [1.807, 2.05) is 34.8 Å². The third kappa shape index (κ3) is 3.17. The lowest BCUT2D eigenvalue weighted by Crippen LogP contribution is -1.95. The van der Waals surface area contributed by atoms with Gasteiger partial charge in [0.15, 0.2) is 5.65 Å². The van der Waals surface area contributed by atoms with Crippen LogP contribution >= 0.6 is 39.0 Å². The van der Waals surface area contributed by atoms with Crippen LogP contribution in [0.4, 0.5) is 0 Å². The highest BCUT2D eigenvalue weighted by molar-refractivity contribution is 9.10. The predicted octanol–water partition coefficient (Wildman–Crippen LogP) is 4.91. The number of halogens is 1. The molecule has 0 aliphatic carbocycles. The van der Waals surface area contributed by atoms with Crippen molar-refractivity contribution in [3.05, 3.63) is 63.9 Å². The van der Waals surface area contributed by atoms with E-state index >= 15 is 0 Å². The number of rotatable bonds is 4. The molecule has 7 heteroatoms. The van der Waals surface area contributed by atoms with Crippen LogP contribution in [0.25, 0.3) is 16.2 Å². The maximum absolute atomic E-state index is 4.68. The molecule has 0 spiro atoms. The molecule has 1 aromatic carbocycles. The Morgan fingerprint density at radius 2 is 1.91 bits per heavy atom. The number of thiophene rings is 1. The van der Waals surface area contributed by atoms with Crippen molar-refractivity contribution >= 4 is 44.7 Å². The molecule has 0 radical (unpaired) electrons. The van der Waals surface area contributed by atoms with E-state index in [1.54, 1.807) is 23.1 Å². The van der Waals surface area contributed by atoms with Crippen molar-refractivity contribution in [2.75, 3.05) is 0 Å². The largest absolute Gasteiger partial charge is 0.212 e. The summed E-state index contributed by atoms with van der Waals surface area (Å²) in [5.74, 6) is 0.832. The van der Waals surface area contributed by atoms with E-state index in [9.17, 15) is 0 Å². The number of nitrogens with zero attached hydrogens (tertiary/aromatic N) is 4. The molecule has 0 atom stereocenters. The Morgan fingerprint density at radius 1 is 1.04 bits per heavy atom. The quantitative estimate of drug-likeness (QED) is 0.455. The standard InChI is InChI=1S/C16H11BrN4S2/c17-12-5-3-11(4-6-12)10-23-16-19-18-15-8-7-13(20-21(15)16)14-2-1-9-22-14/h1-9H,10H2. The Hall–Kier alpha value is -1.70. The second-order valence-electron chi connectivity index (χ2n) is 4.86. The van der Waals surface area contributed by atoms with Crippen LogP contribution in [-0.4, -0.2) is 19.8 Å². The average molecular weight is 403 g/mol. The van der Waals surface area contributed by atoms with Gasteiger partial charge in [0.25, 0.3) is 0 Å². The number of hydrogen-bond donors (Lipinski definition) is 0. The van der Waals surface area contributed by atoms with E-state index in [4.69, 9.17) is 0 Å². The molecule has 0 bridgehead atoms. The Labute approximate surface area is 149 Å². The van der Waals surface area contributed by atoms with Crippen LogP contribution < -0.4 is 0 Å². The molecule has 0 aliphatic rings. The summed E-state index contributed by atoms with van der Waals surface area (Å²) in [6.45, 7) is 0. The Balaban J connectivity index is 1.62. The second-order valence-corrected chi connectivity index (χ2v) is 7.67. The number of fused-ring (bicyclic) bond motifs is 1. The van der Waals surface area contributed by atoms with Crippen molar-refractivity contribution in [3.8, 4) is 10.6 Å². The summed E-state index contributed by atoms with van der Waals surface area (Å²) in [5, 5.41) is 16.0. The molecule has 0 saturated carbocycles. The van der Waals surface area contributed by atoms with Crippen LogP contribution in [-0.2, 0) is 5.75 Å². The summed E-state index contributed by atoms with van der Waals surface area (Å²) in [5.41, 5.74) is 2.95. The molecule has 0 fully saturated rings. The van der Waals surface area contributed by atoms with Crippen molar-refractivity contribution in [1.82, 2.24) is 19.8 Å². The molecule has 114 valence electrons. The second kappa shape index (κ2) is 6.43. The third-order valence-corrected chi connectivity index (χ3v) is 5.70. The average Bonchev–Trinajstić information content (AvgIpc) is 3.24. The Kier molecular flexibility index (Phi) is 4.15. The van der Waals surface area contributed by atoms with E-state index in [2.05, 4.69) is 54.8 Å². The summed E-state index contributed by atoms with van der Waals surface area (Å²) in [7, 11) is 0. The number of benzene rings is 1. The van der Waals surface area contributed by atoms with Crippen molar-refractivity contribution < 1.29 is 0 Å². The summed E-state index contributed by atoms with van der Waals surface area (Å²) < 4.78 is 2.90. The summed E-state index contributed by atoms with van der Waals surface area (Å²) in [6.07, 6.45) is 0. The third-order valence-electron chi connectivity index (χ3n) is 3.29. The lowest BCUT2D eigenvalue weighted by atomic mass is 10.2. The normalized spacial score (nSPS) is 11.2. The first-order valence-corrected chi connectivity index (χ1v) is 9.59. The van der Waals surface area contributed by atoms with Crippen molar-refractivity contribution in [1.29, 1.82) is 0 Å². The molecule has 3 aromatic heterocycles. The predicted molar refractivity (Wildman–Crippen MR) is 97.8 cm³/mol. The highest BCUT2D eigenvalue weighted by Crippen LogP contribution is 2.25. The topological polar surface area (TPSA) is 43.1 Å². The van der Waals surface area contributed by atoms with Crippen LogP contribution in [0.3, 0.4) is 0 Å². The van der Waals surface area contributed by atoms with Crippen molar-refractivity contribution in [2.24, 2.45) is 0 Å². The van der Waals surface area contributed by atoms with E-state index in [1.165, 1.54) is 5.56 Å². The minimum Gasteiger partial charge on any atom is -0.187 e. The Bertz CT molecular complexity index is 933. The minimum absolute atomic E-state index is 0.767. The molecule has 3 heterocycles. The molecule has 0 aliphatic heterocycles. The monoisotopic (exact) mass is 402 g/mol. The van der Waals surface area contributed by atoms with E-state index < -0.39 is 0 Å². The van der Waals surface area contributed by atoms with Gasteiger partial charge < -0.3 is 0 Å². The highest BCUT2D eigenvalue weighted by atomic mass is 79.9. The zero-order valence-electron chi connectivity index (χ0n) is 11.9. The van der Waals surface area contributed by atoms with Crippen molar-refractivity contribution in [2.45, 2.75) is 10.9 Å². The first kappa shape index (κ1) is 14.9. The van der Waals surface area contributed by atoms with Gasteiger partial charge >= 0.3 is 0 Å². The van der Waals surface area contributed by atoms with E-state index in [0.717, 1.165) is 31.6 Å². The number of hydrogen-bond acceptors (Lipinski definition) is 5. The zero-order valence-corrected chi connectivity index (χ0v) is 15.1. The molecular formula is C16H11BrN4S2. The number of thioether (sulfide) groups is 1. The van der Waals surface area contributed by atoms with Gasteiger partial charge in [0.1, 0.15) is 5.69 Å². The van der Waals surface area contributed by atoms with Crippen LogP contribution in [0, 0.1) is 0 Å². The molecule has 0 N–H and O–H groups in total. The van der Waals surface area contributed by atoms with Crippen LogP contribution in [0.15, 0.2) is 63.5 Å². The zero-order chi connectivity index (χ0) is 15.6. The van der Waals surface area contributed by atoms with Gasteiger partial charge in [-0.05, 0) is 41.3 Å². The fourth-order valence-electron chi connectivity index (χ4n) is 2.14. The summed E-state index contributed by atoms with van der Waals surface area (Å²) >= 11 is 6.77. The smallest absolute Gasteiger partial charge is 0.187 e. The SMILES string of the molecule is Brc1ccc(CSc2nnc3ccc(-c4cccs4)nn23)cc1. The molecular weight excluding hydrogens is 392 g/mol. The van der Waals surface area contributed by atoms with Crippen LogP contribution in [0.2, 0.25) is 0 Å². The van der Waals surface area contributed by atoms with Gasteiger partial charge in [0.05, 0.1) is 4.88 Å². The van der Waals surface area contributed by atoms with E-state index in [-0.39, 0.29) is 0 Å². The van der Waals surface area contributed by atoms with Gasteiger partial charge in [-0.1, -0.05) is 45.9 Å². The van der Waals surface area contributed by atoms with Gasteiger partial charge in [0, 0.05) is 10.2 Å². The van der Waals surface area contributed by atoms with Gasteiger partial charge in [-0.15, -0.1) is 21.5 Å². The fourth-order valence-corrected chi connectivity index (χ4v) is 3.94. The van der Waals surface area contributed by atoms with Crippen LogP contribution in [0.5, 0.6) is 0 Å². The van der Waals surface area contributed by atoms with Gasteiger partial charge in [-0.2, -0.15) is 9.61 Å². The molecule has 0 unspecified atom stereocenters. The molecule has 0 saturated heterocycles. The number of aromatic nitrogens is 4. The lowest BCUT2D eigenvalue weighted by Gasteiger charge is -2.02. The molecule has 4 rings (SSSR count). The fraction of sp³-hybridized carbons (Fsp3) is 0.0625. The lowest BCUT2D eigenvalue weighted by molar-refractivity contribution is 0.813. The van der Waals surface area contributed by atoms with Gasteiger partial charge in [-0.25, -0.2) is 0 Å². The van der Waals surface area contributed by atoms with Gasteiger partial charge in [0.2, 0.25) is 5.16 Å². The highest BCUT2D eigenvalue weighted by Gasteiger charge is 2.10. The first-order valence-electron chi connectivity index (χ1n) is 6.93. The first-order chi connectivity index (χ1) is 11.3. The summed E-state index contributed by atoms with van der Waals surface area (Å²) in [4.78, 5) is 1.14. The van der Waals surface area contributed by atoms with E-state index in [0.29, 0.717) is 0 Å². The van der Waals surface area contributed by atoms with Crippen molar-refractivity contribution in [3.63, 3.8) is 0 Å². The molecule has 4 nitrogen and oxygen atoms in total.